The van der Waals surface area contributed by atoms with Gasteiger partial charge < -0.3 is 5.11 Å². The molecule has 1 N–H and O–H groups in total. The average molecular weight is 196 g/mol. The number of rotatable bonds is 4. The second kappa shape index (κ2) is 5.55. The van der Waals surface area contributed by atoms with E-state index in [1.165, 1.54) is 31.3 Å². The highest BCUT2D eigenvalue weighted by Crippen LogP contribution is 2.35. The van der Waals surface area contributed by atoms with Gasteiger partial charge >= 0.3 is 0 Å². The Balaban J connectivity index is 2.42. The zero-order valence-electron chi connectivity index (χ0n) is 9.63. The van der Waals surface area contributed by atoms with Crippen molar-refractivity contribution < 1.29 is 5.11 Å². The summed E-state index contributed by atoms with van der Waals surface area (Å²) in [5.74, 6) is 1.34. The molecule has 3 unspecified atom stereocenters. The van der Waals surface area contributed by atoms with Gasteiger partial charge in [-0.2, -0.15) is 0 Å². The monoisotopic (exact) mass is 196 g/mol. The lowest BCUT2D eigenvalue weighted by Crippen LogP contribution is -2.29. The van der Waals surface area contributed by atoms with Gasteiger partial charge in [0, 0.05) is 0 Å². The van der Waals surface area contributed by atoms with Gasteiger partial charge in [0.2, 0.25) is 0 Å². The zero-order chi connectivity index (χ0) is 10.6. The normalized spacial score (nSPS) is 32.9. The summed E-state index contributed by atoms with van der Waals surface area (Å²) in [6, 6.07) is 0. The van der Waals surface area contributed by atoms with Crippen LogP contribution in [-0.2, 0) is 0 Å². The van der Waals surface area contributed by atoms with Gasteiger partial charge in [-0.05, 0) is 44.4 Å². The predicted molar refractivity (Wildman–Crippen MR) is 61.2 cm³/mol. The summed E-state index contributed by atoms with van der Waals surface area (Å²) in [6.45, 7) is 8.26. The molecular formula is C13H24O. The highest BCUT2D eigenvalue weighted by molar-refractivity contribution is 4.94. The van der Waals surface area contributed by atoms with Gasteiger partial charge in [0.15, 0.2) is 0 Å². The summed E-state index contributed by atoms with van der Waals surface area (Å²) in [6.07, 6.45) is 6.99. The van der Waals surface area contributed by atoms with Crippen LogP contribution in [0.25, 0.3) is 0 Å². The average Bonchev–Trinajstić information content (AvgIpc) is 2.10. The Morgan fingerprint density at radius 3 is 2.71 bits per heavy atom. The zero-order valence-corrected chi connectivity index (χ0v) is 9.63. The molecule has 1 aliphatic carbocycles. The fraction of sp³-hybridized carbons (Fsp3) is 0.846. The second-order valence-corrected chi connectivity index (χ2v) is 4.96. The van der Waals surface area contributed by atoms with Crippen molar-refractivity contribution in [3.05, 3.63) is 12.2 Å². The fourth-order valence-corrected chi connectivity index (χ4v) is 2.68. The van der Waals surface area contributed by atoms with Gasteiger partial charge in [0.1, 0.15) is 0 Å². The summed E-state index contributed by atoms with van der Waals surface area (Å²) < 4.78 is 0. The van der Waals surface area contributed by atoms with E-state index in [4.69, 9.17) is 0 Å². The molecule has 0 radical (unpaired) electrons. The van der Waals surface area contributed by atoms with Gasteiger partial charge in [-0.1, -0.05) is 25.3 Å². The summed E-state index contributed by atoms with van der Waals surface area (Å²) in [4.78, 5) is 0. The van der Waals surface area contributed by atoms with E-state index in [9.17, 15) is 5.11 Å². The van der Waals surface area contributed by atoms with Gasteiger partial charge in [0.05, 0.1) is 6.10 Å². The first kappa shape index (κ1) is 11.8. The minimum atomic E-state index is -0.0696. The molecule has 0 aromatic carbocycles. The third kappa shape index (κ3) is 3.45. The number of aliphatic hydroxyl groups is 1. The molecule has 0 bridgehead atoms. The molecule has 1 heteroatoms. The van der Waals surface area contributed by atoms with Gasteiger partial charge in [-0.25, -0.2) is 0 Å². The summed E-state index contributed by atoms with van der Waals surface area (Å²) in [7, 11) is 0. The van der Waals surface area contributed by atoms with Crippen LogP contribution in [0.15, 0.2) is 12.2 Å². The van der Waals surface area contributed by atoms with E-state index in [1.54, 1.807) is 0 Å². The topological polar surface area (TPSA) is 20.2 Å². The van der Waals surface area contributed by atoms with E-state index in [2.05, 4.69) is 20.4 Å². The third-order valence-electron chi connectivity index (χ3n) is 3.36. The highest BCUT2D eigenvalue weighted by atomic mass is 16.3. The molecule has 1 rings (SSSR count). The molecule has 1 nitrogen and oxygen atoms in total. The van der Waals surface area contributed by atoms with E-state index in [1.807, 2.05) is 0 Å². The molecule has 14 heavy (non-hydrogen) atoms. The van der Waals surface area contributed by atoms with Crippen molar-refractivity contribution in [1.29, 1.82) is 0 Å². The fourth-order valence-electron chi connectivity index (χ4n) is 2.68. The molecule has 0 heterocycles. The van der Waals surface area contributed by atoms with Crippen molar-refractivity contribution >= 4 is 0 Å². The van der Waals surface area contributed by atoms with Crippen LogP contribution >= 0.6 is 0 Å². The van der Waals surface area contributed by atoms with Crippen LogP contribution in [0.1, 0.15) is 52.4 Å². The Kier molecular flexibility index (Phi) is 4.67. The predicted octanol–water partition coefficient (Wildman–Crippen LogP) is 3.53. The van der Waals surface area contributed by atoms with E-state index >= 15 is 0 Å². The Hall–Kier alpha value is -0.300. The molecule has 82 valence electrons. The molecular weight excluding hydrogens is 172 g/mol. The molecule has 0 aromatic rings. The van der Waals surface area contributed by atoms with Crippen LogP contribution in [0.4, 0.5) is 0 Å². The van der Waals surface area contributed by atoms with Crippen LogP contribution in [0, 0.1) is 11.8 Å². The maximum absolute atomic E-state index is 9.86. The number of allylic oxidation sites excluding steroid dienone is 1. The summed E-state index contributed by atoms with van der Waals surface area (Å²) >= 11 is 0. The van der Waals surface area contributed by atoms with E-state index < -0.39 is 0 Å². The lowest BCUT2D eigenvalue weighted by molar-refractivity contribution is 0.0463. The SMILES string of the molecule is C=C(C)CC1CC(CCC)CCC1O. The number of hydrogen-bond acceptors (Lipinski definition) is 1. The van der Waals surface area contributed by atoms with Crippen molar-refractivity contribution in [1.82, 2.24) is 0 Å². The van der Waals surface area contributed by atoms with Crippen molar-refractivity contribution in [2.24, 2.45) is 11.8 Å². The lowest BCUT2D eigenvalue weighted by Gasteiger charge is -2.33. The largest absolute Gasteiger partial charge is 0.393 e. The van der Waals surface area contributed by atoms with Crippen LogP contribution < -0.4 is 0 Å². The van der Waals surface area contributed by atoms with E-state index in [0.29, 0.717) is 5.92 Å². The smallest absolute Gasteiger partial charge is 0.0571 e. The Morgan fingerprint density at radius 1 is 1.43 bits per heavy atom. The molecule has 1 aliphatic rings. The van der Waals surface area contributed by atoms with Crippen molar-refractivity contribution in [2.45, 2.75) is 58.5 Å². The molecule has 0 spiro atoms. The van der Waals surface area contributed by atoms with Gasteiger partial charge in [-0.15, -0.1) is 6.58 Å². The van der Waals surface area contributed by atoms with Gasteiger partial charge in [0.25, 0.3) is 0 Å². The second-order valence-electron chi connectivity index (χ2n) is 4.96. The first-order chi connectivity index (χ1) is 6.63. The van der Waals surface area contributed by atoms with Crippen LogP contribution in [0.3, 0.4) is 0 Å². The van der Waals surface area contributed by atoms with Crippen LogP contribution in [-0.4, -0.2) is 11.2 Å². The number of hydrogen-bond donors (Lipinski definition) is 1. The third-order valence-corrected chi connectivity index (χ3v) is 3.36. The Morgan fingerprint density at radius 2 is 2.14 bits per heavy atom. The Labute approximate surface area is 88.2 Å². The summed E-state index contributed by atoms with van der Waals surface area (Å²) in [5, 5.41) is 9.86. The molecule has 3 atom stereocenters. The van der Waals surface area contributed by atoms with Gasteiger partial charge in [-0.3, -0.25) is 0 Å². The minimum Gasteiger partial charge on any atom is -0.393 e. The first-order valence-corrected chi connectivity index (χ1v) is 5.96. The molecule has 0 aromatic heterocycles. The standard InChI is InChI=1S/C13H24O/c1-4-5-11-6-7-13(14)12(9-11)8-10(2)3/h11-14H,2,4-9H2,1,3H3. The summed E-state index contributed by atoms with van der Waals surface area (Å²) in [5.41, 5.74) is 1.21. The van der Waals surface area contributed by atoms with Crippen molar-refractivity contribution in [2.75, 3.05) is 0 Å². The van der Waals surface area contributed by atoms with Crippen molar-refractivity contribution in [3.63, 3.8) is 0 Å². The quantitative estimate of drug-likeness (QED) is 0.682. The Bertz CT molecular complexity index is 186. The minimum absolute atomic E-state index is 0.0696. The first-order valence-electron chi connectivity index (χ1n) is 5.96. The molecule has 0 aliphatic heterocycles. The maximum Gasteiger partial charge on any atom is 0.0571 e. The molecule has 1 saturated carbocycles. The molecule has 0 saturated heterocycles. The van der Waals surface area contributed by atoms with E-state index in [-0.39, 0.29) is 6.10 Å². The van der Waals surface area contributed by atoms with E-state index in [0.717, 1.165) is 18.8 Å². The molecule has 1 fully saturated rings. The van der Waals surface area contributed by atoms with Crippen molar-refractivity contribution in [3.8, 4) is 0 Å². The highest BCUT2D eigenvalue weighted by Gasteiger charge is 2.28. The molecule has 0 amide bonds. The maximum atomic E-state index is 9.86. The van der Waals surface area contributed by atoms with Crippen LogP contribution in [0.2, 0.25) is 0 Å². The number of aliphatic hydroxyl groups excluding tert-OH is 1. The lowest BCUT2D eigenvalue weighted by atomic mass is 9.75. The van der Waals surface area contributed by atoms with Crippen LogP contribution in [0.5, 0.6) is 0 Å².